The Balaban J connectivity index is 2.24. The number of hydrogen-bond acceptors (Lipinski definition) is 4. The molecule has 0 amide bonds. The van der Waals surface area contributed by atoms with Gasteiger partial charge in [0.1, 0.15) is 11.7 Å². The molecule has 0 aromatic heterocycles. The predicted octanol–water partition coefficient (Wildman–Crippen LogP) is 2.22. The van der Waals surface area contributed by atoms with Crippen LogP contribution in [0, 0.1) is 5.41 Å². The zero-order valence-corrected chi connectivity index (χ0v) is 12.6. The number of ether oxygens (including phenoxy) is 2. The molecule has 1 spiro atoms. The highest BCUT2D eigenvalue weighted by Crippen LogP contribution is 2.48. The lowest BCUT2D eigenvalue weighted by atomic mass is 9.77. The Morgan fingerprint density at radius 1 is 1.21 bits per heavy atom. The molecule has 1 aliphatic carbocycles. The van der Waals surface area contributed by atoms with Crippen LogP contribution in [0.15, 0.2) is 0 Å². The van der Waals surface area contributed by atoms with Crippen LogP contribution in [-0.4, -0.2) is 40.4 Å². The molecule has 0 aromatic carbocycles. The molecule has 2 aliphatic rings. The molecule has 0 unspecified atom stereocenters. The second-order valence-corrected chi connectivity index (χ2v) is 7.31. The summed E-state index contributed by atoms with van der Waals surface area (Å²) in [7, 11) is 0. The summed E-state index contributed by atoms with van der Waals surface area (Å²) in [5.41, 5.74) is -1.16. The lowest BCUT2D eigenvalue weighted by molar-refractivity contribution is -0.225. The number of aliphatic hydroxyl groups excluding tert-OH is 2. The zero-order valence-electron chi connectivity index (χ0n) is 12.6. The summed E-state index contributed by atoms with van der Waals surface area (Å²) in [5.74, 6) is -0.591. The molecular weight excluding hydrogens is 244 g/mol. The van der Waals surface area contributed by atoms with Gasteiger partial charge >= 0.3 is 0 Å². The van der Waals surface area contributed by atoms with E-state index in [1.165, 1.54) is 6.42 Å². The Bertz CT molecular complexity index is 317. The molecule has 19 heavy (non-hydrogen) atoms. The molecule has 4 nitrogen and oxygen atoms in total. The molecule has 2 fully saturated rings. The van der Waals surface area contributed by atoms with E-state index in [1.54, 1.807) is 0 Å². The van der Waals surface area contributed by atoms with Crippen molar-refractivity contribution >= 4 is 0 Å². The van der Waals surface area contributed by atoms with Gasteiger partial charge in [0.25, 0.3) is 0 Å². The van der Waals surface area contributed by atoms with Crippen molar-refractivity contribution in [1.29, 1.82) is 0 Å². The summed E-state index contributed by atoms with van der Waals surface area (Å²) < 4.78 is 12.3. The van der Waals surface area contributed by atoms with E-state index in [4.69, 9.17) is 9.47 Å². The van der Waals surface area contributed by atoms with Gasteiger partial charge in [-0.1, -0.05) is 27.2 Å². The fraction of sp³-hybridized carbons (Fsp3) is 1.00. The minimum Gasteiger partial charge on any atom is -0.394 e. The Morgan fingerprint density at radius 3 is 2.26 bits per heavy atom. The van der Waals surface area contributed by atoms with Crippen molar-refractivity contribution in [2.24, 2.45) is 5.41 Å². The third-order valence-corrected chi connectivity index (χ3v) is 4.55. The first kappa shape index (κ1) is 15.2. The first-order chi connectivity index (χ1) is 8.73. The second-order valence-electron chi connectivity index (χ2n) is 7.31. The van der Waals surface area contributed by atoms with Crippen molar-refractivity contribution < 1.29 is 19.7 Å². The standard InChI is InChI=1S/C15H28O4/c1-13(2,3)12(17)14(4)11(10-16)18-15(19-14)8-6-5-7-9-15/h11-12,16-17H,5-10H2,1-4H3/t11-,12-,14-/m0/s1. The highest BCUT2D eigenvalue weighted by atomic mass is 16.8. The minimum atomic E-state index is -0.843. The lowest BCUT2D eigenvalue weighted by Gasteiger charge is -2.41. The molecule has 1 saturated carbocycles. The van der Waals surface area contributed by atoms with Crippen LogP contribution < -0.4 is 0 Å². The van der Waals surface area contributed by atoms with E-state index < -0.39 is 23.6 Å². The van der Waals surface area contributed by atoms with Crippen molar-refractivity contribution in [3.8, 4) is 0 Å². The van der Waals surface area contributed by atoms with Gasteiger partial charge in [-0.2, -0.15) is 0 Å². The van der Waals surface area contributed by atoms with E-state index in [-0.39, 0.29) is 12.0 Å². The first-order valence-electron chi connectivity index (χ1n) is 7.40. The van der Waals surface area contributed by atoms with Crippen LogP contribution in [0.4, 0.5) is 0 Å². The van der Waals surface area contributed by atoms with E-state index in [0.29, 0.717) is 0 Å². The van der Waals surface area contributed by atoms with Crippen molar-refractivity contribution in [2.75, 3.05) is 6.61 Å². The summed E-state index contributed by atoms with van der Waals surface area (Å²) in [6, 6.07) is 0. The molecule has 0 radical (unpaired) electrons. The zero-order chi connectivity index (χ0) is 14.3. The number of hydrogen-bond donors (Lipinski definition) is 2. The second kappa shape index (κ2) is 4.99. The topological polar surface area (TPSA) is 58.9 Å². The summed E-state index contributed by atoms with van der Waals surface area (Å²) in [5, 5.41) is 20.3. The fourth-order valence-electron chi connectivity index (χ4n) is 3.49. The molecule has 4 heteroatoms. The van der Waals surface area contributed by atoms with Crippen molar-refractivity contribution in [1.82, 2.24) is 0 Å². The lowest BCUT2D eigenvalue weighted by Crippen LogP contribution is -2.55. The Hall–Kier alpha value is -0.160. The van der Waals surface area contributed by atoms with Gasteiger partial charge < -0.3 is 19.7 Å². The third kappa shape index (κ3) is 2.68. The largest absolute Gasteiger partial charge is 0.394 e. The van der Waals surface area contributed by atoms with Crippen LogP contribution in [0.1, 0.15) is 59.8 Å². The SMILES string of the molecule is CC(C)(C)[C@H](O)[C@@]1(C)OC2(CCCCC2)O[C@H]1CO. The van der Waals surface area contributed by atoms with E-state index in [9.17, 15) is 10.2 Å². The van der Waals surface area contributed by atoms with E-state index in [0.717, 1.165) is 25.7 Å². The Morgan fingerprint density at radius 2 is 1.79 bits per heavy atom. The molecule has 3 atom stereocenters. The highest BCUT2D eigenvalue weighted by molar-refractivity contribution is 5.03. The van der Waals surface area contributed by atoms with E-state index >= 15 is 0 Å². The van der Waals surface area contributed by atoms with Crippen molar-refractivity contribution in [3.05, 3.63) is 0 Å². The van der Waals surface area contributed by atoms with E-state index in [1.807, 2.05) is 27.7 Å². The molecule has 1 aliphatic heterocycles. The first-order valence-corrected chi connectivity index (χ1v) is 7.40. The molecule has 0 aromatic rings. The molecule has 2 rings (SSSR count). The number of aliphatic hydroxyl groups is 2. The summed E-state index contributed by atoms with van der Waals surface area (Å²) in [6.45, 7) is 7.68. The maximum Gasteiger partial charge on any atom is 0.169 e. The monoisotopic (exact) mass is 272 g/mol. The van der Waals surface area contributed by atoms with Crippen molar-refractivity contribution in [2.45, 2.75) is 83.4 Å². The normalized spacial score (nSPS) is 36.6. The molecule has 112 valence electrons. The maximum absolute atomic E-state index is 10.6. The molecule has 2 N–H and O–H groups in total. The van der Waals surface area contributed by atoms with Crippen LogP contribution in [0.2, 0.25) is 0 Å². The minimum absolute atomic E-state index is 0.120. The van der Waals surface area contributed by atoms with Crippen LogP contribution in [-0.2, 0) is 9.47 Å². The third-order valence-electron chi connectivity index (χ3n) is 4.55. The summed E-state index contributed by atoms with van der Waals surface area (Å²) in [6.07, 6.45) is 3.95. The van der Waals surface area contributed by atoms with Gasteiger partial charge in [0.15, 0.2) is 5.79 Å². The average molecular weight is 272 g/mol. The van der Waals surface area contributed by atoms with Gasteiger partial charge in [0.05, 0.1) is 12.7 Å². The van der Waals surface area contributed by atoms with Crippen molar-refractivity contribution in [3.63, 3.8) is 0 Å². The van der Waals surface area contributed by atoms with Gasteiger partial charge in [-0.15, -0.1) is 0 Å². The molecular formula is C15H28O4. The average Bonchev–Trinajstić information content (AvgIpc) is 2.61. The van der Waals surface area contributed by atoms with Crippen LogP contribution in [0.5, 0.6) is 0 Å². The fourth-order valence-corrected chi connectivity index (χ4v) is 3.49. The number of rotatable bonds is 2. The smallest absolute Gasteiger partial charge is 0.169 e. The molecule has 1 heterocycles. The quantitative estimate of drug-likeness (QED) is 0.809. The summed E-state index contributed by atoms with van der Waals surface area (Å²) >= 11 is 0. The van der Waals surface area contributed by atoms with Crippen LogP contribution >= 0.6 is 0 Å². The van der Waals surface area contributed by atoms with Gasteiger partial charge in [0.2, 0.25) is 0 Å². The predicted molar refractivity (Wildman–Crippen MR) is 72.7 cm³/mol. The maximum atomic E-state index is 10.6. The Labute approximate surface area is 116 Å². The van der Waals surface area contributed by atoms with Gasteiger partial charge in [-0.25, -0.2) is 0 Å². The van der Waals surface area contributed by atoms with Gasteiger partial charge in [0, 0.05) is 12.8 Å². The molecule has 1 saturated heterocycles. The Kier molecular flexibility index (Phi) is 4.00. The highest BCUT2D eigenvalue weighted by Gasteiger charge is 2.59. The van der Waals surface area contributed by atoms with Gasteiger partial charge in [-0.3, -0.25) is 0 Å². The van der Waals surface area contributed by atoms with Crippen LogP contribution in [0.25, 0.3) is 0 Å². The van der Waals surface area contributed by atoms with E-state index in [2.05, 4.69) is 0 Å². The van der Waals surface area contributed by atoms with Crippen LogP contribution in [0.3, 0.4) is 0 Å². The van der Waals surface area contributed by atoms with Gasteiger partial charge in [-0.05, 0) is 25.2 Å². The summed E-state index contributed by atoms with van der Waals surface area (Å²) in [4.78, 5) is 0. The molecule has 0 bridgehead atoms.